The Bertz CT molecular complexity index is 439. The van der Waals surface area contributed by atoms with Crippen molar-refractivity contribution in [1.29, 1.82) is 0 Å². The van der Waals surface area contributed by atoms with E-state index < -0.39 is 17.6 Å². The van der Waals surface area contributed by atoms with Crippen molar-refractivity contribution in [2.45, 2.75) is 44.7 Å². The number of nitrogens with two attached hydrogens (primary N) is 1. The lowest BCUT2D eigenvalue weighted by Crippen LogP contribution is -2.68. The first-order chi connectivity index (χ1) is 8.22. The summed E-state index contributed by atoms with van der Waals surface area (Å²) in [4.78, 5) is 25.4. The molecule has 2 N–H and O–H groups in total. The third kappa shape index (κ3) is 2.14. The molecule has 2 unspecified atom stereocenters. The van der Waals surface area contributed by atoms with Crippen LogP contribution in [-0.4, -0.2) is 39.5 Å². The van der Waals surface area contributed by atoms with E-state index in [0.29, 0.717) is 11.4 Å². The minimum Gasteiger partial charge on any atom is -0.455 e. The topological polar surface area (TPSA) is 72.6 Å². The van der Waals surface area contributed by atoms with E-state index in [4.69, 9.17) is 10.5 Å². The lowest BCUT2D eigenvalue weighted by molar-refractivity contribution is -0.158. The van der Waals surface area contributed by atoms with Crippen LogP contribution in [0.5, 0.6) is 0 Å². The highest BCUT2D eigenvalue weighted by atomic mass is 32.2. The van der Waals surface area contributed by atoms with Crippen LogP contribution in [0.3, 0.4) is 0 Å². The van der Waals surface area contributed by atoms with Crippen molar-refractivity contribution in [2.24, 2.45) is 5.73 Å². The van der Waals surface area contributed by atoms with E-state index in [0.717, 1.165) is 5.57 Å². The number of hydrogen-bond acceptors (Lipinski definition) is 5. The molecular formula is C12H18N2O3S. The van der Waals surface area contributed by atoms with Gasteiger partial charge in [0.1, 0.15) is 22.7 Å². The molecule has 0 radical (unpaired) electrons. The van der Waals surface area contributed by atoms with E-state index in [1.54, 1.807) is 32.5 Å². The SMILES string of the molecule is CC1=C(C(=O)OC(C)(C)C)N2C(=O)C(N)C2SC1. The molecule has 2 rings (SSSR count). The molecule has 0 aliphatic carbocycles. The van der Waals surface area contributed by atoms with Gasteiger partial charge in [-0.1, -0.05) is 0 Å². The van der Waals surface area contributed by atoms with Gasteiger partial charge >= 0.3 is 5.97 Å². The second kappa shape index (κ2) is 4.28. The molecule has 5 nitrogen and oxygen atoms in total. The van der Waals surface area contributed by atoms with Crippen LogP contribution in [0.2, 0.25) is 0 Å². The smallest absolute Gasteiger partial charge is 0.355 e. The monoisotopic (exact) mass is 270 g/mol. The van der Waals surface area contributed by atoms with Crippen LogP contribution < -0.4 is 5.73 Å². The fourth-order valence-electron chi connectivity index (χ4n) is 1.99. The molecule has 2 heterocycles. The number of ether oxygens (including phenoxy) is 1. The molecule has 2 atom stereocenters. The average Bonchev–Trinajstić information content (AvgIpc) is 2.25. The van der Waals surface area contributed by atoms with Gasteiger partial charge in [0.05, 0.1) is 0 Å². The zero-order valence-corrected chi connectivity index (χ0v) is 11.8. The number of nitrogens with zero attached hydrogens (tertiary/aromatic N) is 1. The summed E-state index contributed by atoms with van der Waals surface area (Å²) in [5, 5.41) is -0.122. The molecule has 0 saturated carbocycles. The van der Waals surface area contributed by atoms with Gasteiger partial charge in [0.15, 0.2) is 0 Å². The first-order valence-corrected chi connectivity index (χ1v) is 6.90. The van der Waals surface area contributed by atoms with Crippen LogP contribution in [0.25, 0.3) is 0 Å². The quantitative estimate of drug-likeness (QED) is 0.565. The number of esters is 1. The third-order valence-corrected chi connectivity index (χ3v) is 4.24. The fourth-order valence-corrected chi connectivity index (χ4v) is 3.23. The van der Waals surface area contributed by atoms with Gasteiger partial charge in [0.2, 0.25) is 5.91 Å². The second-order valence-electron chi connectivity index (χ2n) is 5.57. The van der Waals surface area contributed by atoms with Gasteiger partial charge in [0, 0.05) is 5.75 Å². The maximum Gasteiger partial charge on any atom is 0.355 e. The number of thioether (sulfide) groups is 1. The van der Waals surface area contributed by atoms with Gasteiger partial charge in [-0.05, 0) is 33.3 Å². The van der Waals surface area contributed by atoms with Gasteiger partial charge in [-0.2, -0.15) is 0 Å². The minimum atomic E-state index is -0.569. The Morgan fingerprint density at radius 2 is 2.11 bits per heavy atom. The Balaban J connectivity index is 2.25. The van der Waals surface area contributed by atoms with Crippen molar-refractivity contribution in [3.63, 3.8) is 0 Å². The van der Waals surface area contributed by atoms with E-state index in [2.05, 4.69) is 0 Å². The van der Waals surface area contributed by atoms with Crippen molar-refractivity contribution < 1.29 is 14.3 Å². The van der Waals surface area contributed by atoms with E-state index in [1.807, 2.05) is 6.92 Å². The summed E-state index contributed by atoms with van der Waals surface area (Å²) in [5.74, 6) is 0.0643. The summed E-state index contributed by atoms with van der Waals surface area (Å²) in [6.45, 7) is 7.26. The van der Waals surface area contributed by atoms with Crippen LogP contribution >= 0.6 is 11.8 Å². The Kier molecular flexibility index (Phi) is 3.19. The first kappa shape index (κ1) is 13.4. The van der Waals surface area contributed by atoms with Crippen LogP contribution in [0, 0.1) is 0 Å². The van der Waals surface area contributed by atoms with Gasteiger partial charge in [-0.15, -0.1) is 11.8 Å². The molecule has 0 aromatic rings. The highest BCUT2D eigenvalue weighted by molar-refractivity contribution is 8.00. The molecule has 0 bridgehead atoms. The fraction of sp³-hybridized carbons (Fsp3) is 0.667. The third-order valence-electron chi connectivity index (χ3n) is 2.79. The molecule has 18 heavy (non-hydrogen) atoms. The van der Waals surface area contributed by atoms with Gasteiger partial charge in [-0.3, -0.25) is 9.69 Å². The zero-order chi connectivity index (χ0) is 13.7. The van der Waals surface area contributed by atoms with Crippen LogP contribution in [0.4, 0.5) is 0 Å². The molecule has 2 aliphatic rings. The van der Waals surface area contributed by atoms with Crippen LogP contribution in [0.1, 0.15) is 27.7 Å². The summed E-state index contributed by atoms with van der Waals surface area (Å²) in [5.41, 5.74) is 6.40. The van der Waals surface area contributed by atoms with E-state index >= 15 is 0 Å². The van der Waals surface area contributed by atoms with E-state index in [9.17, 15) is 9.59 Å². The number of β-lactam (4-membered cyclic amide) rings is 1. The maximum absolute atomic E-state index is 12.1. The zero-order valence-electron chi connectivity index (χ0n) is 11.0. The number of amides is 1. The Morgan fingerprint density at radius 1 is 1.50 bits per heavy atom. The highest BCUT2D eigenvalue weighted by Crippen LogP contribution is 2.39. The van der Waals surface area contributed by atoms with Crippen molar-refractivity contribution >= 4 is 23.6 Å². The molecule has 0 aromatic heterocycles. The lowest BCUT2D eigenvalue weighted by atomic mass is 10.0. The van der Waals surface area contributed by atoms with E-state index in [-0.39, 0.29) is 11.3 Å². The summed E-state index contributed by atoms with van der Waals surface area (Å²) >= 11 is 1.59. The molecule has 0 spiro atoms. The molecule has 2 aliphatic heterocycles. The predicted octanol–water partition coefficient (Wildman–Crippen LogP) is 0.845. The van der Waals surface area contributed by atoms with Gasteiger partial charge < -0.3 is 10.5 Å². The Morgan fingerprint density at radius 3 is 2.67 bits per heavy atom. The van der Waals surface area contributed by atoms with Crippen LogP contribution in [-0.2, 0) is 14.3 Å². The molecule has 6 heteroatoms. The Labute approximate surface area is 111 Å². The largest absolute Gasteiger partial charge is 0.455 e. The first-order valence-electron chi connectivity index (χ1n) is 5.86. The maximum atomic E-state index is 12.1. The summed E-state index contributed by atoms with van der Waals surface area (Å²) in [6, 6.07) is -0.500. The number of carbonyl (C=O) groups excluding carboxylic acids is 2. The predicted molar refractivity (Wildman–Crippen MR) is 69.6 cm³/mol. The number of fused-ring (bicyclic) bond motifs is 1. The van der Waals surface area contributed by atoms with Crippen molar-refractivity contribution in [3.8, 4) is 0 Å². The van der Waals surface area contributed by atoms with Crippen LogP contribution in [0.15, 0.2) is 11.3 Å². The standard InChI is InChI=1S/C12H18N2O3S/c1-6-5-18-10-7(13)9(15)14(10)8(6)11(16)17-12(2,3)4/h7,10H,5,13H2,1-4H3. The number of hydrogen-bond donors (Lipinski definition) is 1. The number of rotatable bonds is 1. The van der Waals surface area contributed by atoms with E-state index in [1.165, 1.54) is 4.90 Å². The normalized spacial score (nSPS) is 27.8. The average molecular weight is 270 g/mol. The molecule has 1 fully saturated rings. The molecular weight excluding hydrogens is 252 g/mol. The molecule has 100 valence electrons. The summed E-state index contributed by atoms with van der Waals surface area (Å²) in [6.07, 6.45) is 0. The molecule has 1 amide bonds. The second-order valence-corrected chi connectivity index (χ2v) is 6.67. The Hall–Kier alpha value is -1.01. The molecule has 1 saturated heterocycles. The summed E-state index contributed by atoms with van der Waals surface area (Å²) < 4.78 is 5.34. The van der Waals surface area contributed by atoms with Crippen molar-refractivity contribution in [2.75, 3.05) is 5.75 Å². The molecule has 0 aromatic carbocycles. The van der Waals surface area contributed by atoms with Gasteiger partial charge in [0.25, 0.3) is 0 Å². The van der Waals surface area contributed by atoms with Crippen molar-refractivity contribution in [1.82, 2.24) is 4.90 Å². The highest BCUT2D eigenvalue weighted by Gasteiger charge is 2.51. The van der Waals surface area contributed by atoms with Crippen molar-refractivity contribution in [3.05, 3.63) is 11.3 Å². The summed E-state index contributed by atoms with van der Waals surface area (Å²) in [7, 11) is 0. The van der Waals surface area contributed by atoms with Gasteiger partial charge in [-0.25, -0.2) is 4.79 Å². The lowest BCUT2D eigenvalue weighted by Gasteiger charge is -2.48. The minimum absolute atomic E-state index is 0.122. The number of carbonyl (C=O) groups is 2.